The highest BCUT2D eigenvalue weighted by Crippen LogP contribution is 2.42. The molecule has 0 bridgehead atoms. The lowest BCUT2D eigenvalue weighted by atomic mass is 10.0. The molecule has 1 saturated heterocycles. The first-order chi connectivity index (χ1) is 17.5. The Kier molecular flexibility index (Phi) is 6.43. The Balaban J connectivity index is 1.60. The standard InChI is InChI=1S/C28H27N5O2S/c1-31(2)20-13-15-22(16-14-20)33-26(25(30-28(33)36)23-7-4-5-17-29-23)24-8-6-18-32(24)21-11-9-19(10-12-21)27(34)35-3/h4-18,25-26H,1-3H3,(H,30,36)/t25-,26-/m0/s1. The molecule has 0 radical (unpaired) electrons. The second-order valence-electron chi connectivity index (χ2n) is 8.75. The van der Waals surface area contributed by atoms with Crippen molar-refractivity contribution in [2.45, 2.75) is 12.1 Å². The molecule has 1 N–H and O–H groups in total. The number of nitrogens with zero attached hydrogens (tertiary/aromatic N) is 4. The van der Waals surface area contributed by atoms with Crippen molar-refractivity contribution >= 4 is 34.7 Å². The Labute approximate surface area is 215 Å². The van der Waals surface area contributed by atoms with Crippen LogP contribution in [0.5, 0.6) is 0 Å². The lowest BCUT2D eigenvalue weighted by Crippen LogP contribution is -2.30. The molecule has 36 heavy (non-hydrogen) atoms. The fraction of sp³-hybridized carbons (Fsp3) is 0.179. The Hall–Kier alpha value is -4.17. The molecule has 2 atom stereocenters. The predicted molar refractivity (Wildman–Crippen MR) is 146 cm³/mol. The van der Waals surface area contributed by atoms with Crippen molar-refractivity contribution in [2.75, 3.05) is 31.0 Å². The molecule has 3 heterocycles. The normalized spacial score (nSPS) is 17.1. The van der Waals surface area contributed by atoms with Crippen molar-refractivity contribution in [2.24, 2.45) is 0 Å². The predicted octanol–water partition coefficient (Wildman–Crippen LogP) is 4.90. The zero-order valence-corrected chi connectivity index (χ0v) is 21.1. The van der Waals surface area contributed by atoms with Crippen LogP contribution in [0.4, 0.5) is 11.4 Å². The Morgan fingerprint density at radius 3 is 2.33 bits per heavy atom. The number of hydrogen-bond donors (Lipinski definition) is 1. The van der Waals surface area contributed by atoms with Crippen LogP contribution < -0.4 is 15.1 Å². The van der Waals surface area contributed by atoms with Crippen molar-refractivity contribution in [3.05, 3.63) is 108 Å². The third-order valence-electron chi connectivity index (χ3n) is 6.39. The van der Waals surface area contributed by atoms with Gasteiger partial charge in [0, 0.05) is 49.2 Å². The first kappa shape index (κ1) is 23.6. The average Bonchev–Trinajstić information content (AvgIpc) is 3.53. The molecule has 0 spiro atoms. The third kappa shape index (κ3) is 4.31. The number of carbonyl (C=O) groups excluding carboxylic acids is 1. The summed E-state index contributed by atoms with van der Waals surface area (Å²) in [5.74, 6) is -0.359. The molecule has 2 aromatic heterocycles. The van der Waals surface area contributed by atoms with Crippen LogP contribution in [0.2, 0.25) is 0 Å². The Morgan fingerprint density at radius 1 is 0.972 bits per heavy atom. The molecule has 182 valence electrons. The highest BCUT2D eigenvalue weighted by Gasteiger charge is 2.42. The van der Waals surface area contributed by atoms with E-state index in [4.69, 9.17) is 17.0 Å². The SMILES string of the molecule is COC(=O)c1ccc(-n2cccc2[C@H]2[C@H](c3ccccn3)NC(=S)N2c2ccc(N(C)C)cc2)cc1. The summed E-state index contributed by atoms with van der Waals surface area (Å²) in [6.07, 6.45) is 3.82. The zero-order chi connectivity index (χ0) is 25.2. The van der Waals surface area contributed by atoms with Crippen LogP contribution in [0.15, 0.2) is 91.3 Å². The second kappa shape index (κ2) is 9.83. The average molecular weight is 498 g/mol. The van der Waals surface area contributed by atoms with Crippen molar-refractivity contribution in [3.63, 3.8) is 0 Å². The quantitative estimate of drug-likeness (QED) is 0.300. The maximum absolute atomic E-state index is 11.9. The molecular formula is C28H27N5O2S. The zero-order valence-electron chi connectivity index (χ0n) is 20.3. The molecule has 0 amide bonds. The first-order valence-electron chi connectivity index (χ1n) is 11.6. The van der Waals surface area contributed by atoms with Crippen molar-refractivity contribution in [3.8, 4) is 5.69 Å². The van der Waals surface area contributed by atoms with E-state index in [-0.39, 0.29) is 18.1 Å². The topological polar surface area (TPSA) is 62.6 Å². The van der Waals surface area contributed by atoms with Crippen molar-refractivity contribution < 1.29 is 9.53 Å². The Morgan fingerprint density at radius 2 is 1.69 bits per heavy atom. The minimum Gasteiger partial charge on any atom is -0.465 e. The van der Waals surface area contributed by atoms with E-state index in [9.17, 15) is 4.79 Å². The van der Waals surface area contributed by atoms with Gasteiger partial charge in [0.05, 0.1) is 24.4 Å². The van der Waals surface area contributed by atoms with Crippen molar-refractivity contribution in [1.29, 1.82) is 0 Å². The summed E-state index contributed by atoms with van der Waals surface area (Å²) in [6.45, 7) is 0. The van der Waals surface area contributed by atoms with E-state index >= 15 is 0 Å². The maximum Gasteiger partial charge on any atom is 0.337 e. The number of esters is 1. The first-order valence-corrected chi connectivity index (χ1v) is 12.0. The third-order valence-corrected chi connectivity index (χ3v) is 6.71. The number of carbonyl (C=O) groups is 1. The van der Waals surface area contributed by atoms with Crippen LogP contribution >= 0.6 is 12.2 Å². The van der Waals surface area contributed by atoms with Gasteiger partial charge >= 0.3 is 5.97 Å². The lowest BCUT2D eigenvalue weighted by Gasteiger charge is -2.29. The van der Waals surface area contributed by atoms with Crippen molar-refractivity contribution in [1.82, 2.24) is 14.9 Å². The number of anilines is 2. The molecule has 2 aromatic carbocycles. The number of nitrogens with one attached hydrogen (secondary N) is 1. The van der Waals surface area contributed by atoms with Gasteiger partial charge in [0.1, 0.15) is 6.04 Å². The molecule has 1 aliphatic rings. The van der Waals surface area contributed by atoms with Gasteiger partial charge in [-0.05, 0) is 85.0 Å². The summed E-state index contributed by atoms with van der Waals surface area (Å²) in [7, 11) is 5.43. The highest BCUT2D eigenvalue weighted by atomic mass is 32.1. The minimum atomic E-state index is -0.359. The largest absolute Gasteiger partial charge is 0.465 e. The lowest BCUT2D eigenvalue weighted by molar-refractivity contribution is 0.0600. The van der Waals surface area contributed by atoms with Gasteiger partial charge in [0.25, 0.3) is 0 Å². The van der Waals surface area contributed by atoms with Gasteiger partial charge in [-0.1, -0.05) is 6.07 Å². The molecule has 1 fully saturated rings. The minimum absolute atomic E-state index is 0.157. The number of methoxy groups -OCH3 is 1. The molecule has 0 saturated carbocycles. The summed E-state index contributed by atoms with van der Waals surface area (Å²) in [4.78, 5) is 20.8. The van der Waals surface area contributed by atoms with E-state index in [0.29, 0.717) is 10.7 Å². The van der Waals surface area contributed by atoms with Gasteiger partial charge in [-0.2, -0.15) is 0 Å². The summed E-state index contributed by atoms with van der Waals surface area (Å²) >= 11 is 5.87. The van der Waals surface area contributed by atoms with Crippen LogP contribution in [-0.2, 0) is 4.74 Å². The van der Waals surface area contributed by atoms with Gasteiger partial charge in [-0.15, -0.1) is 0 Å². The van der Waals surface area contributed by atoms with Gasteiger partial charge < -0.3 is 24.4 Å². The Bertz CT molecular complexity index is 1370. The highest BCUT2D eigenvalue weighted by molar-refractivity contribution is 7.80. The van der Waals surface area contributed by atoms with E-state index in [1.54, 1.807) is 18.3 Å². The molecule has 1 aliphatic heterocycles. The van der Waals surface area contributed by atoms with Crippen LogP contribution in [0.3, 0.4) is 0 Å². The molecule has 7 nitrogen and oxygen atoms in total. The van der Waals surface area contributed by atoms with Crippen LogP contribution in [-0.4, -0.2) is 41.8 Å². The fourth-order valence-electron chi connectivity index (χ4n) is 4.59. The van der Waals surface area contributed by atoms with E-state index in [1.165, 1.54) is 7.11 Å². The van der Waals surface area contributed by atoms with E-state index in [0.717, 1.165) is 28.5 Å². The molecule has 4 aromatic rings. The van der Waals surface area contributed by atoms with Gasteiger partial charge in [0.2, 0.25) is 0 Å². The summed E-state index contributed by atoms with van der Waals surface area (Å²) < 4.78 is 6.97. The number of aromatic nitrogens is 2. The summed E-state index contributed by atoms with van der Waals surface area (Å²) in [5.41, 5.74) is 5.50. The number of benzene rings is 2. The number of thiocarbonyl (C=S) groups is 1. The van der Waals surface area contributed by atoms with Crippen LogP contribution in [0.25, 0.3) is 5.69 Å². The van der Waals surface area contributed by atoms with Gasteiger partial charge in [-0.25, -0.2) is 4.79 Å². The maximum atomic E-state index is 11.9. The molecular weight excluding hydrogens is 470 g/mol. The smallest absolute Gasteiger partial charge is 0.337 e. The van der Waals surface area contributed by atoms with Crippen LogP contribution in [0, 0.1) is 0 Å². The van der Waals surface area contributed by atoms with E-state index in [2.05, 4.69) is 55.0 Å². The van der Waals surface area contributed by atoms with E-state index < -0.39 is 0 Å². The van der Waals surface area contributed by atoms with E-state index in [1.807, 2.05) is 56.7 Å². The molecule has 0 aliphatic carbocycles. The summed E-state index contributed by atoms with van der Waals surface area (Å²) in [5, 5.41) is 4.16. The number of pyridine rings is 1. The number of rotatable bonds is 6. The van der Waals surface area contributed by atoms with Gasteiger partial charge in [0.15, 0.2) is 5.11 Å². The fourth-order valence-corrected chi connectivity index (χ4v) is 4.94. The second-order valence-corrected chi connectivity index (χ2v) is 9.14. The number of hydrogen-bond acceptors (Lipinski definition) is 5. The van der Waals surface area contributed by atoms with Gasteiger partial charge in [-0.3, -0.25) is 4.98 Å². The monoisotopic (exact) mass is 497 g/mol. The number of ether oxygens (including phenoxy) is 1. The molecule has 0 unspecified atom stereocenters. The van der Waals surface area contributed by atoms with Crippen LogP contribution in [0.1, 0.15) is 33.8 Å². The molecule has 8 heteroatoms. The summed E-state index contributed by atoms with van der Waals surface area (Å²) in [6, 6.07) is 25.5. The molecule has 5 rings (SSSR count).